The van der Waals surface area contributed by atoms with Crippen LogP contribution in [0.15, 0.2) is 0 Å². The average molecular weight is 447 g/mol. The zero-order valence-electron chi connectivity index (χ0n) is 22.3. The van der Waals surface area contributed by atoms with Gasteiger partial charge >= 0.3 is 0 Å². The molecule has 0 radical (unpaired) electrons. The number of aliphatic hydroxyl groups is 2. The Morgan fingerprint density at radius 2 is 1.62 bits per heavy atom. The Morgan fingerprint density at radius 1 is 0.906 bits per heavy atom. The summed E-state index contributed by atoms with van der Waals surface area (Å²) in [7, 11) is 0. The van der Waals surface area contributed by atoms with Crippen LogP contribution in [0.4, 0.5) is 0 Å². The molecule has 4 saturated carbocycles. The molecule has 0 aromatic carbocycles. The maximum absolute atomic E-state index is 11.0. The first-order chi connectivity index (χ1) is 15.0. The minimum atomic E-state index is -0.517. The molecule has 2 N–H and O–H groups in total. The van der Waals surface area contributed by atoms with Crippen LogP contribution in [0.3, 0.4) is 0 Å². The Morgan fingerprint density at radius 3 is 2.28 bits per heavy atom. The molecule has 4 rings (SSSR count). The van der Waals surface area contributed by atoms with Crippen molar-refractivity contribution in [2.75, 3.05) is 0 Å². The van der Waals surface area contributed by atoms with E-state index in [4.69, 9.17) is 0 Å². The van der Waals surface area contributed by atoms with Gasteiger partial charge in [-0.05, 0) is 131 Å². The van der Waals surface area contributed by atoms with Gasteiger partial charge in [0, 0.05) is 0 Å². The van der Waals surface area contributed by atoms with Crippen LogP contribution in [0, 0.1) is 46.3 Å². The van der Waals surface area contributed by atoms with Gasteiger partial charge in [-0.15, -0.1) is 0 Å². The fourth-order valence-corrected chi connectivity index (χ4v) is 9.95. The lowest BCUT2D eigenvalue weighted by Crippen LogP contribution is -2.56. The summed E-state index contributed by atoms with van der Waals surface area (Å²) in [5.41, 5.74) is 0.117. The smallest absolute Gasteiger partial charge is 0.0648 e. The zero-order chi connectivity index (χ0) is 23.4. The molecule has 0 saturated heterocycles. The highest BCUT2D eigenvalue weighted by Gasteiger charge is 2.61. The number of fused-ring (bicyclic) bond motifs is 5. The molecule has 2 nitrogen and oxygen atoms in total. The molecular formula is C30H54O2. The molecule has 32 heavy (non-hydrogen) atoms. The molecule has 4 aliphatic carbocycles. The highest BCUT2D eigenvalue weighted by molar-refractivity contribution is 5.11. The van der Waals surface area contributed by atoms with Gasteiger partial charge in [-0.2, -0.15) is 0 Å². The summed E-state index contributed by atoms with van der Waals surface area (Å²) in [6, 6.07) is 0. The lowest BCUT2D eigenvalue weighted by Gasteiger charge is -2.62. The standard InChI is InChI=1S/C30H54O2/c1-7-21(10-9-16-27(3,4)31)24-13-14-25-23-12-11-22-20-30(32,8-2)19-18-28(22,5)26(23)15-17-29(24,25)6/h21-26,31-32H,7-20H2,1-6H3/t21-,22+,23+,24-,25+,26+,28+,29-,30+/m1/s1. The van der Waals surface area contributed by atoms with Crippen molar-refractivity contribution < 1.29 is 10.2 Å². The van der Waals surface area contributed by atoms with Crippen molar-refractivity contribution >= 4 is 0 Å². The van der Waals surface area contributed by atoms with Crippen molar-refractivity contribution in [1.82, 2.24) is 0 Å². The van der Waals surface area contributed by atoms with Crippen molar-refractivity contribution in [1.29, 1.82) is 0 Å². The van der Waals surface area contributed by atoms with Crippen molar-refractivity contribution in [2.24, 2.45) is 46.3 Å². The fourth-order valence-electron chi connectivity index (χ4n) is 9.95. The number of hydrogen-bond acceptors (Lipinski definition) is 2. The van der Waals surface area contributed by atoms with Gasteiger partial charge in [-0.1, -0.05) is 47.0 Å². The maximum atomic E-state index is 11.0. The molecule has 0 amide bonds. The number of rotatable bonds is 7. The summed E-state index contributed by atoms with van der Waals surface area (Å²) in [4.78, 5) is 0. The second-order valence-corrected chi connectivity index (χ2v) is 14.0. The van der Waals surface area contributed by atoms with Crippen LogP contribution in [-0.4, -0.2) is 21.4 Å². The molecule has 0 heterocycles. The summed E-state index contributed by atoms with van der Waals surface area (Å²) >= 11 is 0. The van der Waals surface area contributed by atoms with Crippen LogP contribution in [-0.2, 0) is 0 Å². The summed E-state index contributed by atoms with van der Waals surface area (Å²) in [5, 5.41) is 21.2. The molecule has 0 aromatic rings. The molecule has 2 heteroatoms. The molecule has 186 valence electrons. The van der Waals surface area contributed by atoms with E-state index in [0.717, 1.165) is 61.2 Å². The first-order valence-electron chi connectivity index (χ1n) is 14.4. The monoisotopic (exact) mass is 446 g/mol. The van der Waals surface area contributed by atoms with Gasteiger partial charge in [0.05, 0.1) is 11.2 Å². The van der Waals surface area contributed by atoms with Crippen molar-refractivity contribution in [2.45, 2.75) is 143 Å². The molecule has 4 aliphatic rings. The van der Waals surface area contributed by atoms with E-state index in [1.807, 2.05) is 13.8 Å². The fraction of sp³-hybridized carbons (Fsp3) is 1.00. The zero-order valence-corrected chi connectivity index (χ0v) is 22.3. The first kappa shape index (κ1) is 25.0. The minimum Gasteiger partial charge on any atom is -0.390 e. The topological polar surface area (TPSA) is 40.5 Å². The quantitative estimate of drug-likeness (QED) is 0.419. The molecule has 9 atom stereocenters. The summed E-state index contributed by atoms with van der Waals surface area (Å²) < 4.78 is 0. The van der Waals surface area contributed by atoms with E-state index in [-0.39, 0.29) is 5.60 Å². The summed E-state index contributed by atoms with van der Waals surface area (Å²) in [5.74, 6) is 5.23. The van der Waals surface area contributed by atoms with Gasteiger partial charge in [0.2, 0.25) is 0 Å². The highest BCUT2D eigenvalue weighted by Crippen LogP contribution is 2.69. The van der Waals surface area contributed by atoms with Crippen LogP contribution in [0.5, 0.6) is 0 Å². The second kappa shape index (κ2) is 8.85. The van der Waals surface area contributed by atoms with E-state index >= 15 is 0 Å². The Kier molecular flexibility index (Phi) is 6.92. The molecule has 0 aromatic heterocycles. The van der Waals surface area contributed by atoms with Crippen LogP contribution < -0.4 is 0 Å². The largest absolute Gasteiger partial charge is 0.390 e. The molecule has 0 bridgehead atoms. The molecule has 4 fully saturated rings. The van der Waals surface area contributed by atoms with Gasteiger partial charge in [0.25, 0.3) is 0 Å². The molecule has 0 unspecified atom stereocenters. The first-order valence-corrected chi connectivity index (χ1v) is 14.4. The Labute approximate surface area is 199 Å². The molecule has 0 aliphatic heterocycles. The van der Waals surface area contributed by atoms with Gasteiger partial charge in [-0.25, -0.2) is 0 Å². The highest BCUT2D eigenvalue weighted by atomic mass is 16.3. The Hall–Kier alpha value is -0.0800. The Bertz CT molecular complexity index is 652. The lowest BCUT2D eigenvalue weighted by molar-refractivity contribution is -0.153. The second-order valence-electron chi connectivity index (χ2n) is 14.0. The van der Waals surface area contributed by atoms with Crippen LogP contribution in [0.1, 0.15) is 131 Å². The van der Waals surface area contributed by atoms with Crippen LogP contribution in [0.25, 0.3) is 0 Å². The third kappa shape index (κ3) is 4.34. The average Bonchev–Trinajstić information content (AvgIpc) is 3.08. The van der Waals surface area contributed by atoms with E-state index in [0.29, 0.717) is 10.8 Å². The van der Waals surface area contributed by atoms with Crippen LogP contribution in [0.2, 0.25) is 0 Å². The number of hydrogen-bond donors (Lipinski definition) is 2. The van der Waals surface area contributed by atoms with Gasteiger partial charge in [0.15, 0.2) is 0 Å². The van der Waals surface area contributed by atoms with Gasteiger partial charge in [-0.3, -0.25) is 0 Å². The predicted molar refractivity (Wildman–Crippen MR) is 134 cm³/mol. The minimum absolute atomic E-state index is 0.379. The van der Waals surface area contributed by atoms with E-state index in [1.165, 1.54) is 64.2 Å². The lowest BCUT2D eigenvalue weighted by atomic mass is 9.43. The van der Waals surface area contributed by atoms with Crippen molar-refractivity contribution in [3.8, 4) is 0 Å². The van der Waals surface area contributed by atoms with Gasteiger partial charge in [0.1, 0.15) is 0 Å². The third-order valence-electron chi connectivity index (χ3n) is 12.0. The molecule has 0 spiro atoms. The van der Waals surface area contributed by atoms with Crippen LogP contribution >= 0.6 is 0 Å². The normalized spacial score (nSPS) is 47.4. The van der Waals surface area contributed by atoms with E-state index < -0.39 is 5.60 Å². The Balaban J connectivity index is 1.47. The van der Waals surface area contributed by atoms with E-state index in [1.54, 1.807) is 0 Å². The van der Waals surface area contributed by atoms with E-state index in [9.17, 15) is 10.2 Å². The predicted octanol–water partition coefficient (Wildman–Crippen LogP) is 7.75. The third-order valence-corrected chi connectivity index (χ3v) is 12.0. The van der Waals surface area contributed by atoms with Crippen molar-refractivity contribution in [3.63, 3.8) is 0 Å². The maximum Gasteiger partial charge on any atom is 0.0648 e. The SMILES string of the molecule is CC[C@H](CCCC(C)(C)O)[C@H]1CC[C@H]2[C@@H]3CC[C@H]4C[C@](O)(CC)CC[C@]4(C)[C@H]3CC[C@]12C. The van der Waals surface area contributed by atoms with E-state index in [2.05, 4.69) is 27.7 Å². The summed E-state index contributed by atoms with van der Waals surface area (Å²) in [6.07, 6.45) is 17.6. The van der Waals surface area contributed by atoms with Gasteiger partial charge < -0.3 is 10.2 Å². The summed E-state index contributed by atoms with van der Waals surface area (Å²) in [6.45, 7) is 13.8. The van der Waals surface area contributed by atoms with Crippen molar-refractivity contribution in [3.05, 3.63) is 0 Å². The molecular weight excluding hydrogens is 392 g/mol.